The Morgan fingerprint density at radius 2 is 2.24 bits per heavy atom. The molecule has 0 atom stereocenters. The molecule has 1 fully saturated rings. The fourth-order valence-electron chi connectivity index (χ4n) is 1.57. The molecule has 3 N–H and O–H groups in total. The summed E-state index contributed by atoms with van der Waals surface area (Å²) in [6.07, 6.45) is 0. The maximum atomic E-state index is 11.2. The number of nitrogens with one attached hydrogen (secondary N) is 1. The van der Waals surface area contributed by atoms with Crippen LogP contribution in [0.4, 0.5) is 5.00 Å². The molecule has 0 radical (unpaired) electrons. The van der Waals surface area contributed by atoms with Gasteiger partial charge in [0.1, 0.15) is 5.00 Å². The molecule has 0 aromatic carbocycles. The Bertz CT molecular complexity index is 470. The van der Waals surface area contributed by atoms with E-state index in [0.29, 0.717) is 18.1 Å². The second-order valence-electron chi connectivity index (χ2n) is 3.77. The van der Waals surface area contributed by atoms with Crippen molar-refractivity contribution in [2.45, 2.75) is 13.0 Å². The largest absolute Gasteiger partial charge is 0.369 e. The maximum Gasteiger partial charge on any atom is 0.270 e. The number of hydrogen-bond donors (Lipinski definition) is 2. The number of nitrogens with zero attached hydrogens (tertiary/aromatic N) is 2. The fraction of sp³-hybridized carbons (Fsp3) is 0.444. The number of carbonyl (C=O) groups is 2. The van der Waals surface area contributed by atoms with Gasteiger partial charge in [-0.2, -0.15) is 0 Å². The van der Waals surface area contributed by atoms with Crippen molar-refractivity contribution in [2.75, 3.05) is 18.4 Å². The third-order valence-corrected chi connectivity index (χ3v) is 4.17. The predicted molar refractivity (Wildman–Crippen MR) is 73.0 cm³/mol. The second-order valence-corrected chi connectivity index (χ2v) is 6.53. The first-order valence-corrected chi connectivity index (χ1v) is 6.85. The van der Waals surface area contributed by atoms with Crippen molar-refractivity contribution in [3.63, 3.8) is 0 Å². The monoisotopic (exact) mass is 366 g/mol. The number of primary amides is 1. The normalized spacial score (nSPS) is 15.5. The summed E-state index contributed by atoms with van der Waals surface area (Å²) in [6, 6.07) is 0.174. The molecule has 2 heterocycles. The van der Waals surface area contributed by atoms with E-state index in [1.54, 1.807) is 11.8 Å². The molecule has 1 aromatic rings. The van der Waals surface area contributed by atoms with Crippen molar-refractivity contribution < 1.29 is 9.59 Å². The predicted octanol–water partition coefficient (Wildman–Crippen LogP) is 0.489. The summed E-state index contributed by atoms with van der Waals surface area (Å²) in [5.74, 6) is -0.466. The number of likely N-dealkylation sites (tertiary alicyclic amines) is 1. The number of rotatable bonds is 3. The summed E-state index contributed by atoms with van der Waals surface area (Å²) in [6.45, 7) is 2.85. The molecule has 0 spiro atoms. The van der Waals surface area contributed by atoms with Gasteiger partial charge in [-0.3, -0.25) is 9.59 Å². The van der Waals surface area contributed by atoms with E-state index >= 15 is 0 Å². The molecule has 8 heteroatoms. The van der Waals surface area contributed by atoms with Crippen molar-refractivity contribution in [2.24, 2.45) is 5.73 Å². The molecule has 0 bridgehead atoms. The van der Waals surface area contributed by atoms with Crippen LogP contribution in [-0.2, 0) is 4.79 Å². The number of halogens is 1. The number of carbonyl (C=O) groups excluding carboxylic acids is 2. The number of nitrogens with two attached hydrogens (primary N) is 1. The van der Waals surface area contributed by atoms with E-state index in [1.165, 1.54) is 11.3 Å². The van der Waals surface area contributed by atoms with Gasteiger partial charge in [-0.1, -0.05) is 11.3 Å². The van der Waals surface area contributed by atoms with Gasteiger partial charge < -0.3 is 16.0 Å². The zero-order valence-corrected chi connectivity index (χ0v) is 12.0. The lowest BCUT2D eigenvalue weighted by molar-refractivity contribution is -0.132. The molecule has 2 rings (SSSR count). The Morgan fingerprint density at radius 1 is 1.59 bits per heavy atom. The maximum absolute atomic E-state index is 11.2. The van der Waals surface area contributed by atoms with Gasteiger partial charge in [0.25, 0.3) is 5.91 Å². The Morgan fingerprint density at radius 3 is 2.76 bits per heavy atom. The molecule has 2 amide bonds. The Kier molecular flexibility index (Phi) is 3.52. The molecule has 0 unspecified atom stereocenters. The topological polar surface area (TPSA) is 88.3 Å². The van der Waals surface area contributed by atoms with Crippen molar-refractivity contribution >= 4 is 50.7 Å². The molecule has 1 aromatic heterocycles. The summed E-state index contributed by atoms with van der Waals surface area (Å²) >= 11 is 3.44. The number of amides is 2. The van der Waals surface area contributed by atoms with Crippen molar-refractivity contribution in [3.05, 3.63) is 8.71 Å². The van der Waals surface area contributed by atoms with Crippen LogP contribution in [0.15, 0.2) is 0 Å². The van der Waals surface area contributed by atoms with E-state index in [4.69, 9.17) is 5.73 Å². The highest BCUT2D eigenvalue weighted by molar-refractivity contribution is 14.1. The van der Waals surface area contributed by atoms with E-state index in [1.807, 2.05) is 22.6 Å². The zero-order valence-electron chi connectivity index (χ0n) is 9.07. The van der Waals surface area contributed by atoms with Crippen LogP contribution in [0.1, 0.15) is 17.4 Å². The van der Waals surface area contributed by atoms with Crippen LogP contribution >= 0.6 is 33.9 Å². The zero-order chi connectivity index (χ0) is 12.6. The van der Waals surface area contributed by atoms with E-state index in [-0.39, 0.29) is 17.6 Å². The summed E-state index contributed by atoms with van der Waals surface area (Å²) in [5.41, 5.74) is 5.51. The molecule has 1 saturated heterocycles. The quantitative estimate of drug-likeness (QED) is 0.763. The van der Waals surface area contributed by atoms with Gasteiger partial charge in [0.05, 0.1) is 6.04 Å². The minimum atomic E-state index is -0.533. The molecule has 1 aliphatic heterocycles. The summed E-state index contributed by atoms with van der Waals surface area (Å²) in [4.78, 5) is 28.0. The van der Waals surface area contributed by atoms with Crippen LogP contribution in [-0.4, -0.2) is 40.8 Å². The Hall–Kier alpha value is -0.900. The lowest BCUT2D eigenvalue weighted by Crippen LogP contribution is -2.56. The van der Waals surface area contributed by atoms with E-state index in [0.717, 1.165) is 3.01 Å². The number of hydrogen-bond acceptors (Lipinski definition) is 5. The summed E-state index contributed by atoms with van der Waals surface area (Å²) in [5, 5.41) is 3.88. The smallest absolute Gasteiger partial charge is 0.270 e. The lowest BCUT2D eigenvalue weighted by atomic mass is 10.1. The number of aromatic nitrogens is 1. The highest BCUT2D eigenvalue weighted by atomic mass is 127. The Labute approximate surface area is 116 Å². The van der Waals surface area contributed by atoms with E-state index in [9.17, 15) is 9.59 Å². The van der Waals surface area contributed by atoms with Crippen LogP contribution in [0.25, 0.3) is 0 Å². The van der Waals surface area contributed by atoms with Gasteiger partial charge in [0, 0.05) is 20.0 Å². The number of thiazole rings is 1. The third-order valence-electron chi connectivity index (χ3n) is 2.50. The van der Waals surface area contributed by atoms with Crippen LogP contribution in [0, 0.1) is 3.01 Å². The number of anilines is 1. The third kappa shape index (κ3) is 2.68. The van der Waals surface area contributed by atoms with Crippen LogP contribution < -0.4 is 11.1 Å². The molecule has 0 saturated carbocycles. The van der Waals surface area contributed by atoms with Gasteiger partial charge in [0.15, 0.2) is 8.71 Å². The average molecular weight is 366 g/mol. The minimum absolute atomic E-state index is 0.0667. The minimum Gasteiger partial charge on any atom is -0.369 e. The molecule has 17 heavy (non-hydrogen) atoms. The summed E-state index contributed by atoms with van der Waals surface area (Å²) in [7, 11) is 0. The van der Waals surface area contributed by atoms with Crippen LogP contribution in [0.3, 0.4) is 0 Å². The Balaban J connectivity index is 2.01. The highest BCUT2D eigenvalue weighted by Gasteiger charge is 2.30. The molecule has 92 valence electrons. The van der Waals surface area contributed by atoms with Crippen molar-refractivity contribution in [1.29, 1.82) is 0 Å². The van der Waals surface area contributed by atoms with Crippen molar-refractivity contribution in [1.82, 2.24) is 9.88 Å². The summed E-state index contributed by atoms with van der Waals surface area (Å²) < 4.78 is 0.765. The SMILES string of the molecule is CC(=O)N1CC(Nc2sc(I)nc2C(N)=O)C1. The van der Waals surface area contributed by atoms with Gasteiger partial charge in [0.2, 0.25) is 5.91 Å². The lowest BCUT2D eigenvalue weighted by Gasteiger charge is -2.39. The van der Waals surface area contributed by atoms with Crippen LogP contribution in [0.5, 0.6) is 0 Å². The van der Waals surface area contributed by atoms with Crippen LogP contribution in [0.2, 0.25) is 0 Å². The molecule has 0 aliphatic carbocycles. The molecule has 1 aliphatic rings. The van der Waals surface area contributed by atoms with Gasteiger partial charge in [-0.25, -0.2) is 4.98 Å². The average Bonchev–Trinajstić information content (AvgIpc) is 2.51. The van der Waals surface area contributed by atoms with Gasteiger partial charge in [-0.15, -0.1) is 0 Å². The van der Waals surface area contributed by atoms with Gasteiger partial charge >= 0.3 is 0 Å². The molecular formula is C9H11IN4O2S. The molecular weight excluding hydrogens is 355 g/mol. The van der Waals surface area contributed by atoms with E-state index in [2.05, 4.69) is 10.3 Å². The van der Waals surface area contributed by atoms with E-state index < -0.39 is 5.91 Å². The first-order valence-electron chi connectivity index (χ1n) is 4.95. The molecule has 6 nitrogen and oxygen atoms in total. The first-order chi connectivity index (χ1) is 7.97. The highest BCUT2D eigenvalue weighted by Crippen LogP contribution is 2.27. The first kappa shape index (κ1) is 12.6. The van der Waals surface area contributed by atoms with Gasteiger partial charge in [-0.05, 0) is 22.6 Å². The standard InChI is InChI=1S/C9H11IN4O2S/c1-4(15)14-2-5(3-14)12-8-6(7(11)16)13-9(10)17-8/h5,12H,2-3H2,1H3,(H2,11,16). The second kappa shape index (κ2) is 4.77. The van der Waals surface area contributed by atoms with Crippen molar-refractivity contribution in [3.8, 4) is 0 Å². The fourth-order valence-corrected chi connectivity index (χ4v) is 3.25.